The summed E-state index contributed by atoms with van der Waals surface area (Å²) in [6.45, 7) is -0.185. The number of hydrogen-bond acceptors (Lipinski definition) is 6. The quantitative estimate of drug-likeness (QED) is 0.238. The molecular weight excluding hydrogens is 656 g/mol. The van der Waals surface area contributed by atoms with Crippen LogP contribution in [0, 0.1) is 35.4 Å². The molecule has 2 aliphatic heterocycles. The molecule has 2 bridgehead atoms. The molecule has 4 aliphatic rings. The number of nitrogens with zero attached hydrogens (tertiary/aromatic N) is 2. The van der Waals surface area contributed by atoms with Crippen LogP contribution in [0.4, 0.5) is 15.8 Å². The summed E-state index contributed by atoms with van der Waals surface area (Å²) in [5, 5.41) is 4.51. The number of imide groups is 1. The van der Waals surface area contributed by atoms with Crippen molar-refractivity contribution in [2.75, 3.05) is 10.2 Å². The lowest BCUT2D eigenvalue weighted by molar-refractivity contribution is -0.123. The maximum atomic E-state index is 14.1. The summed E-state index contributed by atoms with van der Waals surface area (Å²) in [6, 6.07) is 19.7. The van der Waals surface area contributed by atoms with Crippen molar-refractivity contribution < 1.29 is 18.8 Å². The number of thioether (sulfide) groups is 1. The van der Waals surface area contributed by atoms with Crippen LogP contribution >= 0.6 is 46.3 Å². The SMILES string of the molecule is O=C(Cn1c2c(sc1=O)[C@@H](c1ccc(F)cc1)[C@H]1[C@@H]3C[C@@H]([C@H]1S2)[C@H]1C(=O)N(c2ccc(Cl)cc2)C(=O)[C@H]31)Nc1ccc(Cl)cc1. The molecule has 228 valence electrons. The number of amides is 3. The number of fused-ring (bicyclic) bond motifs is 9. The maximum Gasteiger partial charge on any atom is 0.308 e. The van der Waals surface area contributed by atoms with Crippen molar-refractivity contribution in [3.05, 3.63) is 109 Å². The van der Waals surface area contributed by atoms with Crippen LogP contribution in [-0.4, -0.2) is 27.5 Å². The van der Waals surface area contributed by atoms with Crippen molar-refractivity contribution in [1.82, 2.24) is 4.57 Å². The van der Waals surface area contributed by atoms with Crippen molar-refractivity contribution in [3.63, 3.8) is 0 Å². The summed E-state index contributed by atoms with van der Waals surface area (Å²) in [4.78, 5) is 56.3. The molecule has 12 heteroatoms. The van der Waals surface area contributed by atoms with Crippen molar-refractivity contribution in [2.45, 2.75) is 29.2 Å². The highest BCUT2D eigenvalue weighted by molar-refractivity contribution is 8.00. The predicted molar refractivity (Wildman–Crippen MR) is 173 cm³/mol. The van der Waals surface area contributed by atoms with Gasteiger partial charge in [-0.15, -0.1) is 11.8 Å². The third-order valence-corrected chi connectivity index (χ3v) is 13.0. The van der Waals surface area contributed by atoms with Gasteiger partial charge in [0.25, 0.3) is 0 Å². The molecule has 0 unspecified atom stereocenters. The number of carbonyl (C=O) groups is 3. The summed E-state index contributed by atoms with van der Waals surface area (Å²) in [6.07, 6.45) is 0.720. The first-order valence-corrected chi connectivity index (χ1v) is 17.0. The fourth-order valence-electron chi connectivity index (χ4n) is 8.02. The van der Waals surface area contributed by atoms with Crippen LogP contribution in [0.1, 0.15) is 22.8 Å². The Hall–Kier alpha value is -3.44. The van der Waals surface area contributed by atoms with Gasteiger partial charge in [-0.1, -0.05) is 46.7 Å². The minimum absolute atomic E-state index is 0.0458. The number of aromatic nitrogens is 1. The van der Waals surface area contributed by atoms with Crippen molar-refractivity contribution >= 4 is 75.4 Å². The Morgan fingerprint density at radius 3 is 2.16 bits per heavy atom. The van der Waals surface area contributed by atoms with E-state index in [0.29, 0.717) is 26.4 Å². The maximum absolute atomic E-state index is 14.1. The average Bonchev–Trinajstić information content (AvgIpc) is 3.74. The number of hydrogen-bond donors (Lipinski definition) is 1. The minimum atomic E-state index is -0.464. The number of benzene rings is 3. The molecule has 1 saturated heterocycles. The fourth-order valence-corrected chi connectivity index (χ4v) is 11.4. The highest BCUT2D eigenvalue weighted by atomic mass is 35.5. The third-order valence-electron chi connectivity index (χ3n) is 9.69. The highest BCUT2D eigenvalue weighted by Gasteiger charge is 2.69. The molecule has 0 spiro atoms. The first-order valence-electron chi connectivity index (χ1n) is 14.5. The normalized spacial score (nSPS) is 27.8. The molecule has 0 radical (unpaired) electrons. The van der Waals surface area contributed by atoms with Gasteiger partial charge < -0.3 is 5.32 Å². The van der Waals surface area contributed by atoms with Gasteiger partial charge in [0.2, 0.25) is 17.7 Å². The number of anilines is 2. The Morgan fingerprint density at radius 1 is 0.867 bits per heavy atom. The molecule has 4 aromatic rings. The van der Waals surface area contributed by atoms with Crippen LogP contribution in [0.25, 0.3) is 0 Å². The predicted octanol–water partition coefficient (Wildman–Crippen LogP) is 6.67. The minimum Gasteiger partial charge on any atom is -0.325 e. The molecule has 2 aliphatic carbocycles. The monoisotopic (exact) mass is 679 g/mol. The molecule has 3 aromatic carbocycles. The summed E-state index contributed by atoms with van der Waals surface area (Å²) in [5.41, 5.74) is 1.92. The standard InChI is InChI=1S/C33H24Cl2FN3O4S2/c34-16-3-9-19(10-4-16)37-23(40)14-38-32-29(45-33(38)43)24(15-1-7-18(36)8-2-15)25-21-13-22(28(25)44-32)27-26(21)30(41)39(31(27)42)20-11-5-17(35)6-12-20/h1-12,21-22,24-28H,13-14H2,(H,37,40)/t21-,22+,24-,25+,26+,27+,28+/m0/s1. The Labute approximate surface area is 275 Å². The van der Waals surface area contributed by atoms with E-state index < -0.39 is 11.8 Å². The highest BCUT2D eigenvalue weighted by Crippen LogP contribution is 2.69. The molecule has 7 nitrogen and oxygen atoms in total. The molecule has 45 heavy (non-hydrogen) atoms. The van der Waals surface area contributed by atoms with Crippen LogP contribution < -0.4 is 15.1 Å². The number of nitrogens with one attached hydrogen (secondary N) is 1. The second kappa shape index (κ2) is 10.8. The second-order valence-electron chi connectivity index (χ2n) is 12.0. The second-order valence-corrected chi connectivity index (χ2v) is 15.0. The van der Waals surface area contributed by atoms with Gasteiger partial charge in [0, 0.05) is 31.8 Å². The van der Waals surface area contributed by atoms with E-state index in [4.69, 9.17) is 23.2 Å². The molecule has 3 fully saturated rings. The molecule has 2 saturated carbocycles. The van der Waals surface area contributed by atoms with E-state index in [0.717, 1.165) is 28.2 Å². The Morgan fingerprint density at radius 2 is 1.49 bits per heavy atom. The summed E-state index contributed by atoms with van der Waals surface area (Å²) in [5.74, 6) is -2.56. The molecule has 3 amide bonds. The third kappa shape index (κ3) is 4.60. The zero-order valence-electron chi connectivity index (χ0n) is 23.4. The van der Waals surface area contributed by atoms with Gasteiger partial charge >= 0.3 is 4.87 Å². The number of carbonyl (C=O) groups excluding carboxylic acids is 3. The average molecular weight is 681 g/mol. The van der Waals surface area contributed by atoms with Gasteiger partial charge in [-0.25, -0.2) is 4.39 Å². The number of thiazole rings is 1. The largest absolute Gasteiger partial charge is 0.325 e. The van der Waals surface area contributed by atoms with Gasteiger partial charge in [0.15, 0.2) is 0 Å². The number of rotatable bonds is 5. The molecule has 3 heterocycles. The fraction of sp³-hybridized carbons (Fsp3) is 0.273. The molecule has 7 atom stereocenters. The van der Waals surface area contributed by atoms with E-state index in [1.54, 1.807) is 72.4 Å². The van der Waals surface area contributed by atoms with Crippen molar-refractivity contribution in [3.8, 4) is 0 Å². The topological polar surface area (TPSA) is 88.5 Å². The van der Waals surface area contributed by atoms with Crippen LogP contribution in [-0.2, 0) is 20.9 Å². The Kier molecular flexibility index (Phi) is 6.98. The lowest BCUT2D eigenvalue weighted by Gasteiger charge is -2.43. The first kappa shape index (κ1) is 29.0. The van der Waals surface area contributed by atoms with Crippen molar-refractivity contribution in [2.24, 2.45) is 29.6 Å². The van der Waals surface area contributed by atoms with E-state index in [9.17, 15) is 23.6 Å². The van der Waals surface area contributed by atoms with Crippen LogP contribution in [0.15, 0.2) is 82.6 Å². The zero-order valence-corrected chi connectivity index (χ0v) is 26.5. The Bertz CT molecular complexity index is 1930. The van der Waals surface area contributed by atoms with Gasteiger partial charge in [-0.3, -0.25) is 28.6 Å². The van der Waals surface area contributed by atoms with Crippen LogP contribution in [0.3, 0.4) is 0 Å². The first-order chi connectivity index (χ1) is 21.7. The van der Waals surface area contributed by atoms with Gasteiger partial charge in [-0.05, 0) is 90.4 Å². The van der Waals surface area contributed by atoms with Gasteiger partial charge in [-0.2, -0.15) is 0 Å². The lowest BCUT2D eigenvalue weighted by atomic mass is 9.68. The molecule has 8 rings (SSSR count). The molecular formula is C33H24Cl2FN3O4S2. The van der Waals surface area contributed by atoms with E-state index in [1.165, 1.54) is 21.6 Å². The van der Waals surface area contributed by atoms with Gasteiger partial charge in [0.05, 0.1) is 22.5 Å². The lowest BCUT2D eigenvalue weighted by Crippen LogP contribution is -2.43. The van der Waals surface area contributed by atoms with E-state index in [1.807, 2.05) is 0 Å². The molecule has 1 N–H and O–H groups in total. The summed E-state index contributed by atoms with van der Waals surface area (Å²) in [7, 11) is 0. The smallest absolute Gasteiger partial charge is 0.308 e. The molecule has 1 aromatic heterocycles. The van der Waals surface area contributed by atoms with Crippen LogP contribution in [0.5, 0.6) is 0 Å². The van der Waals surface area contributed by atoms with Gasteiger partial charge in [0.1, 0.15) is 12.4 Å². The van der Waals surface area contributed by atoms with E-state index >= 15 is 0 Å². The summed E-state index contributed by atoms with van der Waals surface area (Å²) < 4.78 is 15.6. The zero-order chi connectivity index (χ0) is 31.1. The van der Waals surface area contributed by atoms with Crippen molar-refractivity contribution in [1.29, 1.82) is 0 Å². The number of halogens is 3. The summed E-state index contributed by atoms with van der Waals surface area (Å²) >= 11 is 14.7. The van der Waals surface area contributed by atoms with Crippen LogP contribution in [0.2, 0.25) is 10.0 Å². The van der Waals surface area contributed by atoms with E-state index in [2.05, 4.69) is 5.32 Å². The van der Waals surface area contributed by atoms with E-state index in [-0.39, 0.29) is 63.9 Å². The Balaban J connectivity index is 1.17.